The third kappa shape index (κ3) is 1.81. The highest BCUT2D eigenvalue weighted by Crippen LogP contribution is 2.41. The molecule has 0 radical (unpaired) electrons. The fourth-order valence-electron chi connectivity index (χ4n) is 2.37. The Balaban J connectivity index is 2.40. The summed E-state index contributed by atoms with van der Waals surface area (Å²) in [6.07, 6.45) is 0.774. The lowest BCUT2D eigenvalue weighted by atomic mass is 9.79. The van der Waals surface area contributed by atoms with Crippen LogP contribution in [0.25, 0.3) is 0 Å². The molecule has 1 saturated carbocycles. The van der Waals surface area contributed by atoms with Crippen molar-refractivity contribution in [1.29, 1.82) is 0 Å². The van der Waals surface area contributed by atoms with Crippen molar-refractivity contribution in [3.05, 3.63) is 34.9 Å². The Kier molecular flexibility index (Phi) is 2.91. The van der Waals surface area contributed by atoms with E-state index < -0.39 is 17.5 Å². The lowest BCUT2D eigenvalue weighted by Crippen LogP contribution is -2.33. The smallest absolute Gasteiger partial charge is 0.314 e. The highest BCUT2D eigenvalue weighted by Gasteiger charge is 2.46. The Labute approximate surface area is 98.7 Å². The van der Waals surface area contributed by atoms with Gasteiger partial charge in [0, 0.05) is 5.02 Å². The fraction of sp³-hybridized carbons (Fsp3) is 0.417. The molecule has 86 valence electrons. The van der Waals surface area contributed by atoms with Gasteiger partial charge < -0.3 is 10.2 Å². The summed E-state index contributed by atoms with van der Waals surface area (Å²) in [5.41, 5.74) is -0.217. The predicted octanol–water partition coefficient (Wildman–Crippen LogP) is 2.21. The van der Waals surface area contributed by atoms with E-state index in [0.717, 1.165) is 5.56 Å². The molecule has 4 heteroatoms. The summed E-state index contributed by atoms with van der Waals surface area (Å²) in [5.74, 6) is -0.869. The van der Waals surface area contributed by atoms with Crippen molar-refractivity contribution in [2.24, 2.45) is 0 Å². The van der Waals surface area contributed by atoms with E-state index in [4.69, 9.17) is 11.6 Å². The average molecular weight is 241 g/mol. The minimum Gasteiger partial charge on any atom is -0.481 e. The Morgan fingerprint density at radius 3 is 2.44 bits per heavy atom. The molecule has 1 fully saturated rings. The molecule has 0 bridgehead atoms. The number of aliphatic carboxylic acids is 1. The molecule has 0 aromatic heterocycles. The van der Waals surface area contributed by atoms with Crippen LogP contribution in [0, 0.1) is 0 Å². The summed E-state index contributed by atoms with van der Waals surface area (Å²) >= 11 is 5.78. The summed E-state index contributed by atoms with van der Waals surface area (Å²) in [4.78, 5) is 11.4. The molecule has 1 aromatic carbocycles. The van der Waals surface area contributed by atoms with Crippen LogP contribution in [0.5, 0.6) is 0 Å². The van der Waals surface area contributed by atoms with Crippen molar-refractivity contribution < 1.29 is 15.0 Å². The molecule has 16 heavy (non-hydrogen) atoms. The van der Waals surface area contributed by atoms with Crippen molar-refractivity contribution in [3.8, 4) is 0 Å². The molecule has 1 aliphatic carbocycles. The number of hydrogen-bond acceptors (Lipinski definition) is 2. The minimum absolute atomic E-state index is 0.282. The second kappa shape index (κ2) is 4.07. The van der Waals surface area contributed by atoms with Crippen LogP contribution in [0.3, 0.4) is 0 Å². The van der Waals surface area contributed by atoms with E-state index in [0.29, 0.717) is 17.9 Å². The molecule has 3 nitrogen and oxygen atoms in total. The zero-order valence-electron chi connectivity index (χ0n) is 8.69. The van der Waals surface area contributed by atoms with Gasteiger partial charge in [-0.3, -0.25) is 4.79 Å². The van der Waals surface area contributed by atoms with E-state index in [1.807, 2.05) is 0 Å². The molecule has 2 N–H and O–H groups in total. The highest BCUT2D eigenvalue weighted by molar-refractivity contribution is 6.30. The molecule has 0 saturated heterocycles. The van der Waals surface area contributed by atoms with Crippen molar-refractivity contribution in [3.63, 3.8) is 0 Å². The molecular weight excluding hydrogens is 228 g/mol. The third-order valence-electron chi connectivity index (χ3n) is 3.29. The molecule has 0 heterocycles. The zero-order chi connectivity index (χ0) is 11.8. The predicted molar refractivity (Wildman–Crippen MR) is 60.6 cm³/mol. The van der Waals surface area contributed by atoms with E-state index in [1.54, 1.807) is 24.3 Å². The van der Waals surface area contributed by atoms with E-state index in [2.05, 4.69) is 0 Å². The quantitative estimate of drug-likeness (QED) is 0.833. The van der Waals surface area contributed by atoms with Crippen molar-refractivity contribution in [1.82, 2.24) is 0 Å². The highest BCUT2D eigenvalue weighted by atomic mass is 35.5. The number of carbonyl (C=O) groups is 1. The summed E-state index contributed by atoms with van der Waals surface area (Å²) in [5, 5.41) is 19.5. The van der Waals surface area contributed by atoms with Gasteiger partial charge in [-0.25, -0.2) is 0 Å². The second-order valence-electron chi connectivity index (χ2n) is 4.29. The zero-order valence-corrected chi connectivity index (χ0v) is 9.44. The van der Waals surface area contributed by atoms with Gasteiger partial charge in [-0.2, -0.15) is 0 Å². The first-order chi connectivity index (χ1) is 7.54. The lowest BCUT2D eigenvalue weighted by molar-refractivity contribution is -0.144. The van der Waals surface area contributed by atoms with Gasteiger partial charge in [-0.1, -0.05) is 23.7 Å². The fourth-order valence-corrected chi connectivity index (χ4v) is 2.49. The molecule has 2 rings (SSSR count). The van der Waals surface area contributed by atoms with Crippen molar-refractivity contribution >= 4 is 17.6 Å². The van der Waals surface area contributed by atoms with E-state index in [-0.39, 0.29) is 6.42 Å². The van der Waals surface area contributed by atoms with Gasteiger partial charge >= 0.3 is 5.97 Å². The second-order valence-corrected chi connectivity index (χ2v) is 4.73. The molecule has 0 amide bonds. The molecule has 2 atom stereocenters. The molecule has 0 aliphatic heterocycles. The summed E-state index contributed by atoms with van der Waals surface area (Å²) in [7, 11) is 0. The van der Waals surface area contributed by atoms with Crippen molar-refractivity contribution in [2.75, 3.05) is 0 Å². The SMILES string of the molecule is O=C(O)C1(c2ccc(Cl)cc2)CCC(O)C1. The van der Waals surface area contributed by atoms with Gasteiger partial charge in [0.25, 0.3) is 0 Å². The van der Waals surface area contributed by atoms with Crippen LogP contribution >= 0.6 is 11.6 Å². The largest absolute Gasteiger partial charge is 0.481 e. The molecule has 1 aliphatic rings. The molecule has 1 aromatic rings. The number of benzene rings is 1. The van der Waals surface area contributed by atoms with E-state index in [9.17, 15) is 15.0 Å². The van der Waals surface area contributed by atoms with Gasteiger partial charge in [0.2, 0.25) is 0 Å². The first-order valence-corrected chi connectivity index (χ1v) is 5.60. The Morgan fingerprint density at radius 2 is 2.00 bits per heavy atom. The monoisotopic (exact) mass is 240 g/mol. The van der Waals surface area contributed by atoms with Crippen LogP contribution in [-0.4, -0.2) is 22.3 Å². The topological polar surface area (TPSA) is 57.5 Å². The van der Waals surface area contributed by atoms with E-state index >= 15 is 0 Å². The summed E-state index contributed by atoms with van der Waals surface area (Å²) < 4.78 is 0. The Bertz CT molecular complexity index is 401. The van der Waals surface area contributed by atoms with Crippen LogP contribution in [0.2, 0.25) is 5.02 Å². The number of hydrogen-bond donors (Lipinski definition) is 2. The number of rotatable bonds is 2. The number of carboxylic acid groups (broad SMARTS) is 1. The maximum absolute atomic E-state index is 11.4. The standard InChI is InChI=1S/C12H13ClO3/c13-9-3-1-8(2-4-9)12(11(15)16)6-5-10(14)7-12/h1-4,10,14H,5-7H2,(H,15,16). The Hall–Kier alpha value is -1.06. The van der Waals surface area contributed by atoms with Crippen molar-refractivity contribution in [2.45, 2.75) is 30.8 Å². The van der Waals surface area contributed by atoms with Gasteiger partial charge in [0.15, 0.2) is 0 Å². The molecule has 2 unspecified atom stereocenters. The van der Waals surface area contributed by atoms with Gasteiger partial charge in [0.1, 0.15) is 0 Å². The first kappa shape index (κ1) is 11.4. The maximum Gasteiger partial charge on any atom is 0.314 e. The lowest BCUT2D eigenvalue weighted by Gasteiger charge is -2.24. The number of aliphatic hydroxyl groups is 1. The number of aliphatic hydroxyl groups excluding tert-OH is 1. The van der Waals surface area contributed by atoms with Crippen LogP contribution in [0.15, 0.2) is 24.3 Å². The van der Waals surface area contributed by atoms with Gasteiger partial charge in [-0.15, -0.1) is 0 Å². The number of carboxylic acids is 1. The minimum atomic E-state index is -0.940. The summed E-state index contributed by atoms with van der Waals surface area (Å²) in [6, 6.07) is 6.83. The average Bonchev–Trinajstić information content (AvgIpc) is 2.63. The third-order valence-corrected chi connectivity index (χ3v) is 3.55. The van der Waals surface area contributed by atoms with Crippen LogP contribution in [0.1, 0.15) is 24.8 Å². The first-order valence-electron chi connectivity index (χ1n) is 5.22. The normalized spacial score (nSPS) is 29.2. The molecular formula is C12H13ClO3. The maximum atomic E-state index is 11.4. The van der Waals surface area contributed by atoms with Gasteiger partial charge in [-0.05, 0) is 37.0 Å². The van der Waals surface area contributed by atoms with Gasteiger partial charge in [0.05, 0.1) is 11.5 Å². The van der Waals surface area contributed by atoms with Crippen LogP contribution in [0.4, 0.5) is 0 Å². The van der Waals surface area contributed by atoms with Crippen LogP contribution in [-0.2, 0) is 10.2 Å². The molecule has 0 spiro atoms. The Morgan fingerprint density at radius 1 is 1.38 bits per heavy atom. The van der Waals surface area contributed by atoms with E-state index in [1.165, 1.54) is 0 Å². The number of halogens is 1. The van der Waals surface area contributed by atoms with Crippen LogP contribution < -0.4 is 0 Å². The summed E-state index contributed by atoms with van der Waals surface area (Å²) in [6.45, 7) is 0.